The molecule has 2 rings (SSSR count). The molecule has 0 fully saturated rings. The van der Waals surface area contributed by atoms with Gasteiger partial charge in [0, 0.05) is 6.04 Å². The van der Waals surface area contributed by atoms with Gasteiger partial charge in [0.1, 0.15) is 23.5 Å². The second-order valence-electron chi connectivity index (χ2n) is 4.74. The summed E-state index contributed by atoms with van der Waals surface area (Å²) >= 11 is 5.96. The zero-order valence-electron chi connectivity index (χ0n) is 11.5. The Morgan fingerprint density at radius 3 is 2.48 bits per heavy atom. The van der Waals surface area contributed by atoms with Crippen molar-refractivity contribution in [1.82, 2.24) is 0 Å². The van der Waals surface area contributed by atoms with Gasteiger partial charge in [-0.2, -0.15) is 0 Å². The Labute approximate surface area is 127 Å². The van der Waals surface area contributed by atoms with Crippen molar-refractivity contribution in [2.45, 2.75) is 25.5 Å². The normalized spacial score (nSPS) is 13.8. The van der Waals surface area contributed by atoms with E-state index in [0.29, 0.717) is 17.7 Å². The van der Waals surface area contributed by atoms with Gasteiger partial charge in [0.05, 0.1) is 5.02 Å². The van der Waals surface area contributed by atoms with Crippen molar-refractivity contribution in [3.8, 4) is 5.75 Å². The number of hydrogen-bond donors (Lipinski definition) is 1. The molecule has 2 nitrogen and oxygen atoms in total. The van der Waals surface area contributed by atoms with Crippen LogP contribution in [0.5, 0.6) is 5.75 Å². The first-order valence-corrected chi connectivity index (χ1v) is 7.01. The predicted octanol–water partition coefficient (Wildman–Crippen LogP) is 4.48. The highest BCUT2D eigenvalue weighted by Crippen LogP contribution is 2.31. The molecule has 2 atom stereocenters. The molecule has 0 aliphatic rings. The molecule has 0 saturated heterocycles. The highest BCUT2D eigenvalue weighted by molar-refractivity contribution is 6.32. The molecule has 0 radical (unpaired) electrons. The Morgan fingerprint density at radius 1 is 1.14 bits per heavy atom. The Hall–Kier alpha value is -1.65. The number of hydrogen-bond acceptors (Lipinski definition) is 2. The number of ether oxygens (including phenoxy) is 1. The molecule has 2 aromatic rings. The Balaban J connectivity index is 2.33. The van der Waals surface area contributed by atoms with Crippen molar-refractivity contribution in [3.05, 3.63) is 64.7 Å². The molecular formula is C16H16ClF2NO. The van der Waals surface area contributed by atoms with Crippen LogP contribution in [-0.4, -0.2) is 6.04 Å². The molecule has 2 aromatic carbocycles. The van der Waals surface area contributed by atoms with Crippen LogP contribution in [-0.2, 0) is 0 Å². The maximum absolute atomic E-state index is 13.4. The summed E-state index contributed by atoms with van der Waals surface area (Å²) in [6.45, 7) is 1.91. The monoisotopic (exact) mass is 311 g/mol. The maximum Gasteiger partial charge on any atom is 0.139 e. The van der Waals surface area contributed by atoms with E-state index in [1.165, 1.54) is 24.3 Å². The largest absolute Gasteiger partial charge is 0.483 e. The minimum atomic E-state index is -0.561. The van der Waals surface area contributed by atoms with Crippen LogP contribution in [0.3, 0.4) is 0 Å². The minimum Gasteiger partial charge on any atom is -0.483 e. The van der Waals surface area contributed by atoms with E-state index >= 15 is 0 Å². The summed E-state index contributed by atoms with van der Waals surface area (Å²) in [4.78, 5) is 0. The van der Waals surface area contributed by atoms with Crippen molar-refractivity contribution in [3.63, 3.8) is 0 Å². The van der Waals surface area contributed by atoms with E-state index in [-0.39, 0.29) is 16.9 Å². The van der Waals surface area contributed by atoms with Gasteiger partial charge in [0.25, 0.3) is 0 Å². The predicted molar refractivity (Wildman–Crippen MR) is 79.4 cm³/mol. The molecule has 0 saturated carbocycles. The molecule has 2 unspecified atom stereocenters. The minimum absolute atomic E-state index is 0.153. The molecule has 0 bridgehead atoms. The average Bonchev–Trinajstić information content (AvgIpc) is 2.45. The van der Waals surface area contributed by atoms with E-state index in [2.05, 4.69) is 0 Å². The van der Waals surface area contributed by atoms with Crippen LogP contribution < -0.4 is 10.5 Å². The lowest BCUT2D eigenvalue weighted by Crippen LogP contribution is -2.31. The zero-order chi connectivity index (χ0) is 15.4. The highest BCUT2D eigenvalue weighted by Gasteiger charge is 2.22. The summed E-state index contributed by atoms with van der Waals surface area (Å²) in [5, 5.41) is 0.153. The van der Waals surface area contributed by atoms with Gasteiger partial charge in [-0.25, -0.2) is 8.78 Å². The topological polar surface area (TPSA) is 35.2 Å². The fourth-order valence-electron chi connectivity index (χ4n) is 2.01. The maximum atomic E-state index is 13.4. The van der Waals surface area contributed by atoms with Crippen LogP contribution in [0, 0.1) is 11.6 Å². The van der Waals surface area contributed by atoms with Crippen LogP contribution in [0.2, 0.25) is 5.02 Å². The molecule has 0 aliphatic carbocycles. The molecule has 0 aromatic heterocycles. The van der Waals surface area contributed by atoms with Crippen molar-refractivity contribution in [1.29, 1.82) is 0 Å². The van der Waals surface area contributed by atoms with Crippen molar-refractivity contribution >= 4 is 11.6 Å². The van der Waals surface area contributed by atoms with Gasteiger partial charge in [-0.15, -0.1) is 0 Å². The van der Waals surface area contributed by atoms with Gasteiger partial charge in [0.15, 0.2) is 0 Å². The van der Waals surface area contributed by atoms with Gasteiger partial charge in [-0.3, -0.25) is 0 Å². The first-order valence-electron chi connectivity index (χ1n) is 6.64. The van der Waals surface area contributed by atoms with Crippen LogP contribution in [0.15, 0.2) is 42.5 Å². The second-order valence-corrected chi connectivity index (χ2v) is 5.15. The number of nitrogens with two attached hydrogens (primary N) is 1. The molecule has 2 N–H and O–H groups in total. The van der Waals surface area contributed by atoms with Crippen LogP contribution in [0.25, 0.3) is 0 Å². The van der Waals surface area contributed by atoms with E-state index in [4.69, 9.17) is 22.1 Å². The van der Waals surface area contributed by atoms with Gasteiger partial charge in [-0.1, -0.05) is 30.7 Å². The molecular weight excluding hydrogens is 296 g/mol. The summed E-state index contributed by atoms with van der Waals surface area (Å²) in [5.74, 6) is -0.500. The SMILES string of the molecule is CCC(N)C(Oc1ccc(F)cc1Cl)c1cccc(F)c1. The summed E-state index contributed by atoms with van der Waals surface area (Å²) < 4.78 is 32.3. The van der Waals surface area contributed by atoms with Crippen molar-refractivity contribution in [2.75, 3.05) is 0 Å². The number of benzene rings is 2. The smallest absolute Gasteiger partial charge is 0.139 e. The summed E-state index contributed by atoms with van der Waals surface area (Å²) in [5.41, 5.74) is 6.68. The first kappa shape index (κ1) is 15.7. The van der Waals surface area contributed by atoms with E-state index in [9.17, 15) is 8.78 Å². The average molecular weight is 312 g/mol. The molecule has 21 heavy (non-hydrogen) atoms. The fourth-order valence-corrected chi connectivity index (χ4v) is 2.22. The number of rotatable bonds is 5. The molecule has 0 amide bonds. The van der Waals surface area contributed by atoms with Gasteiger partial charge in [0.2, 0.25) is 0 Å². The van der Waals surface area contributed by atoms with Gasteiger partial charge in [-0.05, 0) is 42.3 Å². The third kappa shape index (κ3) is 3.93. The van der Waals surface area contributed by atoms with E-state index in [1.54, 1.807) is 12.1 Å². The van der Waals surface area contributed by atoms with Crippen molar-refractivity contribution in [2.24, 2.45) is 5.73 Å². The van der Waals surface area contributed by atoms with Gasteiger partial charge < -0.3 is 10.5 Å². The van der Waals surface area contributed by atoms with Crippen LogP contribution in [0.1, 0.15) is 25.0 Å². The molecule has 0 spiro atoms. The lowest BCUT2D eigenvalue weighted by Gasteiger charge is -2.25. The Bertz CT molecular complexity index is 621. The number of halogens is 3. The van der Waals surface area contributed by atoms with E-state index in [0.717, 1.165) is 6.07 Å². The van der Waals surface area contributed by atoms with E-state index in [1.807, 2.05) is 6.92 Å². The third-order valence-electron chi connectivity index (χ3n) is 3.19. The highest BCUT2D eigenvalue weighted by atomic mass is 35.5. The Kier molecular flexibility index (Phi) is 5.15. The summed E-state index contributed by atoms with van der Waals surface area (Å²) in [6.07, 6.45) is 0.0775. The van der Waals surface area contributed by atoms with Crippen LogP contribution >= 0.6 is 11.6 Å². The quantitative estimate of drug-likeness (QED) is 0.884. The van der Waals surface area contributed by atoms with Crippen LogP contribution in [0.4, 0.5) is 8.78 Å². The summed E-state index contributed by atoms with van der Waals surface area (Å²) in [7, 11) is 0. The molecule has 0 heterocycles. The van der Waals surface area contributed by atoms with E-state index < -0.39 is 11.9 Å². The standard InChI is InChI=1S/C16H16ClF2NO/c1-2-14(20)16(10-4-3-5-11(18)8-10)21-15-7-6-12(19)9-13(15)17/h3-9,14,16H,2,20H2,1H3. The molecule has 0 aliphatic heterocycles. The zero-order valence-corrected chi connectivity index (χ0v) is 12.3. The summed E-state index contributed by atoms with van der Waals surface area (Å²) in [6, 6.07) is 9.56. The van der Waals surface area contributed by atoms with Crippen molar-refractivity contribution < 1.29 is 13.5 Å². The lowest BCUT2D eigenvalue weighted by molar-refractivity contribution is 0.170. The first-order chi connectivity index (χ1) is 10.0. The second kappa shape index (κ2) is 6.87. The third-order valence-corrected chi connectivity index (χ3v) is 3.48. The molecule has 112 valence electrons. The molecule has 5 heteroatoms. The van der Waals surface area contributed by atoms with Gasteiger partial charge >= 0.3 is 0 Å². The fraction of sp³-hybridized carbons (Fsp3) is 0.250. The lowest BCUT2D eigenvalue weighted by atomic mass is 10.0. The Morgan fingerprint density at radius 2 is 1.86 bits per heavy atom.